The zero-order valence-electron chi connectivity index (χ0n) is 27.0. The third kappa shape index (κ3) is 4.80. The highest BCUT2D eigenvalue weighted by atomic mass is 28.3. The normalized spacial score (nSPS) is 11.1. The zero-order valence-corrected chi connectivity index (χ0v) is 28.0. The molecule has 5 heteroatoms. The van der Waals surface area contributed by atoms with Crippen molar-refractivity contribution in [1.82, 2.24) is 4.57 Å². The summed E-state index contributed by atoms with van der Waals surface area (Å²) >= 11 is 0. The predicted molar refractivity (Wildman–Crippen MR) is 207 cm³/mol. The third-order valence-corrected chi connectivity index (χ3v) is 14.4. The first-order valence-corrected chi connectivity index (χ1v) is 18.3. The van der Waals surface area contributed by atoms with Crippen LogP contribution in [-0.4, -0.2) is 12.6 Å². The molecule has 0 unspecified atom stereocenters. The van der Waals surface area contributed by atoms with Crippen molar-refractivity contribution in [3.05, 3.63) is 198 Å². The quantitative estimate of drug-likeness (QED) is 0.101. The second-order valence-corrected chi connectivity index (χ2v) is 16.0. The van der Waals surface area contributed by atoms with Crippen molar-refractivity contribution in [2.75, 3.05) is 0 Å². The predicted octanol–water partition coefficient (Wildman–Crippen LogP) is 8.80. The number of hydrogen-bond donors (Lipinski definition) is 0. The van der Waals surface area contributed by atoms with Crippen LogP contribution in [0.5, 0.6) is 0 Å². The van der Waals surface area contributed by atoms with Crippen LogP contribution >= 0.6 is 0 Å². The summed E-state index contributed by atoms with van der Waals surface area (Å²) in [6, 6.07) is 60.7. The molecule has 0 atom stereocenters. The molecule has 0 amide bonds. The van der Waals surface area contributed by atoms with Crippen LogP contribution in [0.2, 0.25) is 0 Å². The highest BCUT2D eigenvalue weighted by molar-refractivity contribution is 7.20. The van der Waals surface area contributed by atoms with E-state index in [-0.39, 0.29) is 0 Å². The average molecular weight is 653 g/mol. The molecule has 0 aliphatic heterocycles. The zero-order chi connectivity index (χ0) is 34.1. The molecular formula is C45H28N4Si. The Morgan fingerprint density at radius 3 is 1.60 bits per heavy atom. The Kier molecular flexibility index (Phi) is 7.63. The fraction of sp³-hybridized carbons (Fsp3) is 0. The summed E-state index contributed by atoms with van der Waals surface area (Å²) in [5.41, 5.74) is 6.33. The first-order chi connectivity index (χ1) is 24.7. The molecule has 0 radical (unpaired) electrons. The molecule has 1 aromatic heterocycles. The molecule has 0 N–H and O–H groups in total. The number of fused-ring (bicyclic) bond motifs is 3. The second-order valence-electron chi connectivity index (χ2n) is 12.2. The number of nitriles is 1. The van der Waals surface area contributed by atoms with Gasteiger partial charge in [0.05, 0.1) is 35.8 Å². The maximum atomic E-state index is 9.61. The summed E-state index contributed by atoms with van der Waals surface area (Å²) in [6.45, 7) is 16.2. The maximum Gasteiger partial charge on any atom is 0.195 e. The van der Waals surface area contributed by atoms with E-state index in [0.29, 0.717) is 16.9 Å². The minimum Gasteiger partial charge on any atom is -0.309 e. The van der Waals surface area contributed by atoms with Crippen molar-refractivity contribution >= 4 is 62.0 Å². The maximum absolute atomic E-state index is 9.61. The van der Waals surface area contributed by atoms with E-state index in [4.69, 9.17) is 13.1 Å². The van der Waals surface area contributed by atoms with Gasteiger partial charge in [-0.3, -0.25) is 9.69 Å². The SMILES string of the molecule is [C-]#[N+]c1cc(-c2ccc(-n3c4ccccc4c4cc(C#N)ccc43)cc2)c([Si](c2ccccc2)(c2ccccc2)c2ccccc2)cc1[N+]#[C-]. The Morgan fingerprint density at radius 1 is 0.520 bits per heavy atom. The van der Waals surface area contributed by atoms with Crippen LogP contribution in [0, 0.1) is 24.5 Å². The smallest absolute Gasteiger partial charge is 0.195 e. The molecule has 7 aromatic carbocycles. The Morgan fingerprint density at radius 2 is 1.04 bits per heavy atom. The van der Waals surface area contributed by atoms with Crippen molar-refractivity contribution in [2.24, 2.45) is 0 Å². The van der Waals surface area contributed by atoms with Gasteiger partial charge in [0.25, 0.3) is 0 Å². The van der Waals surface area contributed by atoms with Gasteiger partial charge in [-0.15, -0.1) is 0 Å². The van der Waals surface area contributed by atoms with Crippen LogP contribution in [0.25, 0.3) is 48.3 Å². The molecule has 8 aromatic rings. The lowest BCUT2D eigenvalue weighted by molar-refractivity contribution is 1.18. The third-order valence-electron chi connectivity index (χ3n) is 9.62. The highest BCUT2D eigenvalue weighted by Crippen LogP contribution is 2.36. The van der Waals surface area contributed by atoms with Gasteiger partial charge in [-0.25, -0.2) is 0 Å². The summed E-state index contributed by atoms with van der Waals surface area (Å²) < 4.78 is 2.24. The Balaban J connectivity index is 1.41. The second kappa shape index (κ2) is 12.6. The Labute approximate surface area is 292 Å². The van der Waals surface area contributed by atoms with Crippen molar-refractivity contribution in [3.63, 3.8) is 0 Å². The summed E-state index contributed by atoms with van der Waals surface area (Å²) in [5.74, 6) is 0. The van der Waals surface area contributed by atoms with Crippen LogP contribution in [0.4, 0.5) is 11.4 Å². The Bertz CT molecular complexity index is 2560. The van der Waals surface area contributed by atoms with Crippen molar-refractivity contribution in [3.8, 4) is 22.9 Å². The minimum absolute atomic E-state index is 0.343. The van der Waals surface area contributed by atoms with Crippen LogP contribution in [0.1, 0.15) is 5.56 Å². The lowest BCUT2D eigenvalue weighted by Gasteiger charge is -2.36. The largest absolute Gasteiger partial charge is 0.309 e. The number of aromatic nitrogens is 1. The molecule has 0 bridgehead atoms. The van der Waals surface area contributed by atoms with Crippen LogP contribution in [0.3, 0.4) is 0 Å². The van der Waals surface area contributed by atoms with Gasteiger partial charge in [0.15, 0.2) is 19.4 Å². The minimum atomic E-state index is -3.04. The first-order valence-electron chi connectivity index (χ1n) is 16.3. The van der Waals surface area contributed by atoms with E-state index < -0.39 is 8.07 Å². The van der Waals surface area contributed by atoms with Crippen LogP contribution in [-0.2, 0) is 0 Å². The molecule has 0 fully saturated rings. The highest BCUT2D eigenvalue weighted by Gasteiger charge is 2.43. The van der Waals surface area contributed by atoms with Crippen molar-refractivity contribution < 1.29 is 0 Å². The molecule has 0 aliphatic rings. The number of hydrogen-bond acceptors (Lipinski definition) is 1. The van der Waals surface area contributed by atoms with E-state index in [1.807, 2.05) is 60.7 Å². The number of para-hydroxylation sites is 1. The molecule has 0 spiro atoms. The average Bonchev–Trinajstić information content (AvgIpc) is 3.53. The van der Waals surface area contributed by atoms with Gasteiger partial charge < -0.3 is 4.57 Å². The molecule has 1 heterocycles. The van der Waals surface area contributed by atoms with E-state index in [0.717, 1.165) is 43.8 Å². The van der Waals surface area contributed by atoms with Gasteiger partial charge in [-0.05, 0) is 63.1 Å². The van der Waals surface area contributed by atoms with Gasteiger partial charge in [0, 0.05) is 16.5 Å². The molecule has 0 aliphatic carbocycles. The van der Waals surface area contributed by atoms with E-state index in [2.05, 4.69) is 130 Å². The Hall–Kier alpha value is -6.97. The molecule has 8 rings (SSSR count). The summed E-state index contributed by atoms with van der Waals surface area (Å²) in [4.78, 5) is 7.72. The van der Waals surface area contributed by atoms with Crippen LogP contribution in [0.15, 0.2) is 170 Å². The summed E-state index contributed by atoms with van der Waals surface area (Å²) in [6.07, 6.45) is 0. The van der Waals surface area contributed by atoms with Gasteiger partial charge in [0.1, 0.15) is 0 Å². The van der Waals surface area contributed by atoms with E-state index in [9.17, 15) is 5.26 Å². The van der Waals surface area contributed by atoms with Crippen LogP contribution < -0.4 is 20.7 Å². The topological polar surface area (TPSA) is 37.4 Å². The standard InChI is InChI=1S/C45H28N4Si/c1-47-41-29-39(33-23-25-34(26-24-33)49-43-21-13-12-20-38(43)40-28-32(31-46)22-27-44(40)49)45(30-42(41)48-2)50(35-14-6-3-7-15-35,36-16-8-4-9-17-36)37-18-10-5-11-19-37/h3-30H. The fourth-order valence-corrected chi connectivity index (χ4v) is 12.4. The monoisotopic (exact) mass is 652 g/mol. The summed E-state index contributed by atoms with van der Waals surface area (Å²) in [7, 11) is -3.04. The molecule has 50 heavy (non-hydrogen) atoms. The number of benzene rings is 7. The molecule has 4 nitrogen and oxygen atoms in total. The number of nitrogens with zero attached hydrogens (tertiary/aromatic N) is 4. The van der Waals surface area contributed by atoms with Gasteiger partial charge in [-0.1, -0.05) is 139 Å². The molecular weight excluding hydrogens is 625 g/mol. The molecule has 0 saturated heterocycles. The lowest BCUT2D eigenvalue weighted by Crippen LogP contribution is -2.75. The lowest BCUT2D eigenvalue weighted by atomic mass is 10.0. The fourth-order valence-electron chi connectivity index (χ4n) is 7.45. The summed E-state index contributed by atoms with van der Waals surface area (Å²) in [5, 5.41) is 16.4. The first kappa shape index (κ1) is 30.4. The van der Waals surface area contributed by atoms with E-state index in [1.165, 1.54) is 15.6 Å². The van der Waals surface area contributed by atoms with Gasteiger partial charge in [-0.2, -0.15) is 5.26 Å². The van der Waals surface area contributed by atoms with E-state index >= 15 is 0 Å². The van der Waals surface area contributed by atoms with Gasteiger partial charge >= 0.3 is 0 Å². The van der Waals surface area contributed by atoms with E-state index in [1.54, 1.807) is 0 Å². The molecule has 232 valence electrons. The van der Waals surface area contributed by atoms with Crippen molar-refractivity contribution in [2.45, 2.75) is 0 Å². The van der Waals surface area contributed by atoms with Crippen molar-refractivity contribution in [1.29, 1.82) is 5.26 Å². The molecule has 0 saturated carbocycles. The van der Waals surface area contributed by atoms with Gasteiger partial charge in [0.2, 0.25) is 0 Å². The number of rotatable bonds is 6.